The van der Waals surface area contributed by atoms with E-state index in [1.807, 2.05) is 6.20 Å². The van der Waals surface area contributed by atoms with Crippen molar-refractivity contribution >= 4 is 5.96 Å². The number of nitrogen functional groups attached to an aromatic ring is 1. The van der Waals surface area contributed by atoms with Crippen LogP contribution in [0.15, 0.2) is 12.3 Å². The molecule has 2 saturated carbocycles. The zero-order valence-electron chi connectivity index (χ0n) is 12.4. The predicted octanol–water partition coefficient (Wildman–Crippen LogP) is 2.55. The third kappa shape index (κ3) is 3.28. The fraction of sp³-hybridized carbons (Fsp3) is 0.625. The molecular formula is C16H24N4O. The molecule has 21 heavy (non-hydrogen) atoms. The maximum absolute atomic E-state index is 7.99. The van der Waals surface area contributed by atoms with Crippen molar-refractivity contribution in [3.63, 3.8) is 0 Å². The minimum Gasteiger partial charge on any atom is -0.493 e. The summed E-state index contributed by atoms with van der Waals surface area (Å²) in [5.74, 6) is 1.88. The van der Waals surface area contributed by atoms with Gasteiger partial charge in [0.15, 0.2) is 5.96 Å². The van der Waals surface area contributed by atoms with Crippen molar-refractivity contribution in [2.45, 2.75) is 50.9 Å². The highest BCUT2D eigenvalue weighted by Crippen LogP contribution is 2.43. The van der Waals surface area contributed by atoms with Crippen molar-refractivity contribution in [2.75, 3.05) is 6.61 Å². The summed E-state index contributed by atoms with van der Waals surface area (Å²) in [5, 5.41) is 15.5. The van der Waals surface area contributed by atoms with Crippen molar-refractivity contribution in [1.82, 2.24) is 4.57 Å². The molecule has 0 spiro atoms. The molecule has 114 valence electrons. The second kappa shape index (κ2) is 5.92. The standard InChI is InChI=1S/C16H24N4O/c17-15-8-14(21-10-11-4-2-1-3-5-11)13(12-6-7-12)9-20(15)16(18)19/h8-9,11-12,17H,1-7,10H2,(H3,18,19). The van der Waals surface area contributed by atoms with Gasteiger partial charge in [0.2, 0.25) is 0 Å². The van der Waals surface area contributed by atoms with Gasteiger partial charge >= 0.3 is 0 Å². The number of nitrogens with one attached hydrogen (secondary N) is 2. The van der Waals surface area contributed by atoms with Crippen molar-refractivity contribution < 1.29 is 4.74 Å². The molecule has 0 aliphatic heterocycles. The molecule has 0 saturated heterocycles. The van der Waals surface area contributed by atoms with Crippen LogP contribution in [-0.2, 0) is 0 Å². The van der Waals surface area contributed by atoms with E-state index in [2.05, 4.69) is 0 Å². The van der Waals surface area contributed by atoms with Crippen LogP contribution >= 0.6 is 0 Å². The summed E-state index contributed by atoms with van der Waals surface area (Å²) in [4.78, 5) is 0. The van der Waals surface area contributed by atoms with Crippen molar-refractivity contribution in [3.8, 4) is 5.75 Å². The van der Waals surface area contributed by atoms with Crippen molar-refractivity contribution in [2.24, 2.45) is 11.7 Å². The molecule has 5 heteroatoms. The summed E-state index contributed by atoms with van der Waals surface area (Å²) in [6.45, 7) is 0.753. The molecule has 0 unspecified atom stereocenters. The maximum Gasteiger partial charge on any atom is 0.198 e. The fourth-order valence-corrected chi connectivity index (χ4v) is 3.14. The third-order valence-electron chi connectivity index (χ3n) is 4.56. The summed E-state index contributed by atoms with van der Waals surface area (Å²) >= 11 is 0. The van der Waals surface area contributed by atoms with E-state index in [9.17, 15) is 0 Å². The van der Waals surface area contributed by atoms with Crippen LogP contribution in [0.5, 0.6) is 5.75 Å². The first-order chi connectivity index (χ1) is 10.1. The molecule has 0 atom stereocenters. The number of ether oxygens (including phenoxy) is 1. The molecule has 0 amide bonds. The Morgan fingerprint density at radius 1 is 1.24 bits per heavy atom. The van der Waals surface area contributed by atoms with Crippen LogP contribution in [0.25, 0.3) is 0 Å². The maximum atomic E-state index is 7.99. The van der Waals surface area contributed by atoms with Crippen molar-refractivity contribution in [3.05, 3.63) is 23.3 Å². The van der Waals surface area contributed by atoms with E-state index in [1.54, 1.807) is 6.07 Å². The highest BCUT2D eigenvalue weighted by atomic mass is 16.5. The molecule has 1 heterocycles. The Balaban J connectivity index is 1.78. The fourth-order valence-electron chi connectivity index (χ4n) is 3.14. The normalized spacial score (nSPS) is 19.4. The zero-order valence-corrected chi connectivity index (χ0v) is 12.4. The summed E-state index contributed by atoms with van der Waals surface area (Å²) in [6, 6.07) is 1.72. The van der Waals surface area contributed by atoms with E-state index >= 15 is 0 Å². The summed E-state index contributed by atoms with van der Waals surface area (Å²) in [7, 11) is 0. The largest absolute Gasteiger partial charge is 0.493 e. The van der Waals surface area contributed by atoms with Crippen LogP contribution in [0, 0.1) is 16.7 Å². The molecule has 1 aromatic rings. The molecule has 2 fully saturated rings. The Kier molecular flexibility index (Phi) is 3.99. The highest BCUT2D eigenvalue weighted by molar-refractivity contribution is 5.77. The Bertz CT molecular complexity index is 582. The number of aromatic nitrogens is 1. The van der Waals surface area contributed by atoms with Crippen LogP contribution in [0.3, 0.4) is 0 Å². The van der Waals surface area contributed by atoms with Crippen molar-refractivity contribution in [1.29, 1.82) is 10.8 Å². The molecule has 2 aliphatic carbocycles. The monoisotopic (exact) mass is 288 g/mol. The first-order valence-corrected chi connectivity index (χ1v) is 7.93. The number of hydrogen-bond acceptors (Lipinski definition) is 3. The number of hydrogen-bond donors (Lipinski definition) is 3. The van der Waals surface area contributed by atoms with Crippen LogP contribution in [0.2, 0.25) is 0 Å². The molecule has 1 aromatic heterocycles. The number of nitrogens with two attached hydrogens (primary N) is 1. The Labute approximate surface area is 125 Å². The van der Waals surface area contributed by atoms with Crippen LogP contribution in [-0.4, -0.2) is 17.1 Å². The van der Waals surface area contributed by atoms with Gasteiger partial charge in [0.25, 0.3) is 0 Å². The van der Waals surface area contributed by atoms with E-state index in [1.165, 1.54) is 36.7 Å². The minimum absolute atomic E-state index is 0.110. The van der Waals surface area contributed by atoms with Crippen LogP contribution in [0.1, 0.15) is 56.4 Å². The van der Waals surface area contributed by atoms with Crippen LogP contribution in [0.4, 0.5) is 0 Å². The van der Waals surface area contributed by atoms with E-state index in [4.69, 9.17) is 21.3 Å². The second-order valence-corrected chi connectivity index (χ2v) is 6.32. The molecule has 4 N–H and O–H groups in total. The summed E-state index contributed by atoms with van der Waals surface area (Å²) in [5.41, 5.74) is 6.85. The topological polar surface area (TPSA) is 87.9 Å². The Hall–Kier alpha value is -1.78. The number of pyridine rings is 1. The quantitative estimate of drug-likeness (QED) is 0.587. The van der Waals surface area contributed by atoms with Gasteiger partial charge in [-0.25, -0.2) is 0 Å². The molecular weight excluding hydrogens is 264 g/mol. The van der Waals surface area contributed by atoms with Crippen LogP contribution < -0.4 is 16.0 Å². The summed E-state index contributed by atoms with van der Waals surface area (Å²) < 4.78 is 7.47. The van der Waals surface area contributed by atoms with Gasteiger partial charge in [0.1, 0.15) is 11.2 Å². The molecule has 0 radical (unpaired) electrons. The van der Waals surface area contributed by atoms with Gasteiger partial charge in [-0.2, -0.15) is 0 Å². The van der Waals surface area contributed by atoms with Gasteiger partial charge in [0.05, 0.1) is 6.61 Å². The van der Waals surface area contributed by atoms with Gasteiger partial charge < -0.3 is 10.5 Å². The first kappa shape index (κ1) is 14.2. The second-order valence-electron chi connectivity index (χ2n) is 6.32. The van der Waals surface area contributed by atoms with E-state index < -0.39 is 0 Å². The van der Waals surface area contributed by atoms with Gasteiger partial charge in [-0.3, -0.25) is 15.4 Å². The summed E-state index contributed by atoms with van der Waals surface area (Å²) in [6.07, 6.45) is 10.6. The third-order valence-corrected chi connectivity index (χ3v) is 4.56. The molecule has 0 bridgehead atoms. The Morgan fingerprint density at radius 2 is 1.95 bits per heavy atom. The average Bonchev–Trinajstić information content (AvgIpc) is 3.30. The minimum atomic E-state index is -0.110. The van der Waals surface area contributed by atoms with E-state index in [0.717, 1.165) is 30.8 Å². The lowest BCUT2D eigenvalue weighted by Crippen LogP contribution is -2.32. The molecule has 2 aliphatic rings. The van der Waals surface area contributed by atoms with E-state index in [-0.39, 0.29) is 11.4 Å². The zero-order chi connectivity index (χ0) is 14.8. The molecule has 3 rings (SSSR count). The van der Waals surface area contributed by atoms with Gasteiger partial charge in [-0.1, -0.05) is 19.3 Å². The first-order valence-electron chi connectivity index (χ1n) is 7.93. The SMILES string of the molecule is N=C(N)n1cc(C2CC2)c(OCC2CCCCC2)cc1=N. The predicted molar refractivity (Wildman–Crippen MR) is 81.6 cm³/mol. The lowest BCUT2D eigenvalue weighted by Gasteiger charge is -2.22. The average molecular weight is 288 g/mol. The lowest BCUT2D eigenvalue weighted by atomic mass is 9.90. The highest BCUT2D eigenvalue weighted by Gasteiger charge is 2.28. The smallest absolute Gasteiger partial charge is 0.198 e. The van der Waals surface area contributed by atoms with E-state index in [0.29, 0.717) is 11.8 Å². The van der Waals surface area contributed by atoms with Gasteiger partial charge in [-0.05, 0) is 37.5 Å². The molecule has 5 nitrogen and oxygen atoms in total. The molecule has 0 aromatic carbocycles. The number of nitrogens with zero attached hydrogens (tertiary/aromatic N) is 1. The lowest BCUT2D eigenvalue weighted by molar-refractivity contribution is 0.207. The number of rotatable bonds is 4. The van der Waals surface area contributed by atoms with Gasteiger partial charge in [-0.15, -0.1) is 0 Å². The Morgan fingerprint density at radius 3 is 2.57 bits per heavy atom. The van der Waals surface area contributed by atoms with Gasteiger partial charge in [0, 0.05) is 17.8 Å².